The molecular weight excluding hydrogens is 378 g/mol. The van der Waals surface area contributed by atoms with Crippen molar-refractivity contribution in [3.05, 3.63) is 52.4 Å². The molecule has 10 heteroatoms. The van der Waals surface area contributed by atoms with Gasteiger partial charge >= 0.3 is 5.97 Å². The van der Waals surface area contributed by atoms with Crippen LogP contribution in [0.1, 0.15) is 24.4 Å². The zero-order chi connectivity index (χ0) is 20.4. The van der Waals surface area contributed by atoms with Crippen molar-refractivity contribution >= 4 is 11.7 Å². The molecule has 0 saturated carbocycles. The number of esters is 1. The molecule has 1 aromatic carbocycles. The molecule has 0 saturated heterocycles. The number of carbonyl (C=O) groups is 1. The zero-order valence-electron chi connectivity index (χ0n) is 15.9. The third kappa shape index (κ3) is 3.82. The number of carbonyl (C=O) groups excluding carboxylic acids is 1. The number of aryl methyl sites for hydroxylation is 1. The third-order valence-corrected chi connectivity index (χ3v) is 4.41. The first-order valence-corrected chi connectivity index (χ1v) is 9.10. The van der Waals surface area contributed by atoms with Crippen LogP contribution < -0.4 is 15.6 Å². The Hall–Kier alpha value is -3.69. The third-order valence-electron chi connectivity index (χ3n) is 4.41. The minimum absolute atomic E-state index is 0.210. The summed E-state index contributed by atoms with van der Waals surface area (Å²) >= 11 is 0. The molecule has 4 rings (SSSR count). The molecule has 0 aliphatic carbocycles. The van der Waals surface area contributed by atoms with Gasteiger partial charge in [0, 0.05) is 12.5 Å². The maximum Gasteiger partial charge on any atom is 0.326 e. The average Bonchev–Trinajstić information content (AvgIpc) is 3.17. The van der Waals surface area contributed by atoms with E-state index in [1.807, 2.05) is 24.3 Å². The van der Waals surface area contributed by atoms with Gasteiger partial charge in [0.1, 0.15) is 19.5 Å². The lowest BCUT2D eigenvalue weighted by molar-refractivity contribution is -0.143. The van der Waals surface area contributed by atoms with E-state index in [1.165, 1.54) is 10.9 Å². The van der Waals surface area contributed by atoms with Crippen LogP contribution in [0.3, 0.4) is 0 Å². The Morgan fingerprint density at radius 2 is 2.14 bits per heavy atom. The first kappa shape index (κ1) is 18.7. The Kier molecular flexibility index (Phi) is 4.98. The Labute approximate surface area is 165 Å². The molecule has 1 aliphatic rings. The van der Waals surface area contributed by atoms with Crippen LogP contribution in [0.15, 0.2) is 39.9 Å². The van der Waals surface area contributed by atoms with Crippen molar-refractivity contribution in [1.82, 2.24) is 19.7 Å². The monoisotopic (exact) mass is 397 g/mol. The SMILES string of the molecule is CCOC(=O)Cn1cnc2c(c1=O)N[C@H](c1ccc(-c3noc(C)n3)cc1)CO2. The fourth-order valence-electron chi connectivity index (χ4n) is 3.00. The molecule has 1 N–H and O–H groups in total. The summed E-state index contributed by atoms with van der Waals surface area (Å²) < 4.78 is 16.7. The van der Waals surface area contributed by atoms with Crippen LogP contribution in [0.2, 0.25) is 0 Å². The summed E-state index contributed by atoms with van der Waals surface area (Å²) in [6, 6.07) is 7.30. The van der Waals surface area contributed by atoms with Crippen molar-refractivity contribution < 1.29 is 18.8 Å². The van der Waals surface area contributed by atoms with Gasteiger partial charge in [-0.05, 0) is 12.5 Å². The largest absolute Gasteiger partial charge is 0.473 e. The van der Waals surface area contributed by atoms with Gasteiger partial charge in [-0.15, -0.1) is 0 Å². The van der Waals surface area contributed by atoms with Crippen LogP contribution in [0, 0.1) is 6.92 Å². The number of hydrogen-bond donors (Lipinski definition) is 1. The number of anilines is 1. The van der Waals surface area contributed by atoms with Crippen molar-refractivity contribution in [2.45, 2.75) is 26.4 Å². The summed E-state index contributed by atoms with van der Waals surface area (Å²) in [5.41, 5.74) is 1.55. The molecule has 29 heavy (non-hydrogen) atoms. The molecule has 2 aromatic heterocycles. The van der Waals surface area contributed by atoms with E-state index < -0.39 is 11.5 Å². The quantitative estimate of drug-likeness (QED) is 0.641. The van der Waals surface area contributed by atoms with Crippen LogP contribution in [0.25, 0.3) is 11.4 Å². The van der Waals surface area contributed by atoms with Crippen LogP contribution >= 0.6 is 0 Å². The van der Waals surface area contributed by atoms with Gasteiger partial charge < -0.3 is 19.3 Å². The first-order valence-electron chi connectivity index (χ1n) is 9.10. The summed E-state index contributed by atoms with van der Waals surface area (Å²) in [7, 11) is 0. The van der Waals surface area contributed by atoms with Crippen molar-refractivity contribution in [2.24, 2.45) is 0 Å². The van der Waals surface area contributed by atoms with Gasteiger partial charge in [0.15, 0.2) is 5.69 Å². The number of hydrogen-bond acceptors (Lipinski definition) is 9. The number of aromatic nitrogens is 4. The number of rotatable bonds is 5. The van der Waals surface area contributed by atoms with Crippen molar-refractivity contribution in [3.63, 3.8) is 0 Å². The Morgan fingerprint density at radius 1 is 1.34 bits per heavy atom. The molecule has 3 aromatic rings. The topological polar surface area (TPSA) is 121 Å². The molecule has 1 atom stereocenters. The van der Waals surface area contributed by atoms with Gasteiger partial charge in [-0.25, -0.2) is 4.98 Å². The lowest BCUT2D eigenvalue weighted by atomic mass is 10.0. The minimum atomic E-state index is -0.503. The Balaban J connectivity index is 1.54. The average molecular weight is 397 g/mol. The maximum absolute atomic E-state index is 12.7. The van der Waals surface area contributed by atoms with E-state index in [9.17, 15) is 9.59 Å². The van der Waals surface area contributed by atoms with Gasteiger partial charge in [-0.2, -0.15) is 4.98 Å². The second-order valence-electron chi connectivity index (χ2n) is 6.43. The fraction of sp³-hybridized carbons (Fsp3) is 0.316. The van der Waals surface area contributed by atoms with E-state index in [4.69, 9.17) is 14.0 Å². The van der Waals surface area contributed by atoms with Crippen LogP contribution in [0.4, 0.5) is 5.69 Å². The predicted molar refractivity (Wildman–Crippen MR) is 101 cm³/mol. The number of benzene rings is 1. The normalized spacial score (nSPS) is 15.2. The molecular formula is C19H19N5O5. The zero-order valence-corrected chi connectivity index (χ0v) is 15.9. The standard InChI is InChI=1S/C19H19N5O5/c1-3-27-15(25)8-24-10-20-18-16(19(24)26)22-14(9-28-18)12-4-6-13(7-5-12)17-21-11(2)29-23-17/h4-7,10,14,22H,3,8-9H2,1-2H3/t14-/m0/s1. The molecule has 10 nitrogen and oxygen atoms in total. The van der Waals surface area contributed by atoms with Gasteiger partial charge in [-0.3, -0.25) is 14.2 Å². The molecule has 3 heterocycles. The lowest BCUT2D eigenvalue weighted by Crippen LogP contribution is -2.34. The maximum atomic E-state index is 12.7. The Morgan fingerprint density at radius 3 is 2.83 bits per heavy atom. The molecule has 150 valence electrons. The van der Waals surface area contributed by atoms with E-state index >= 15 is 0 Å². The predicted octanol–water partition coefficient (Wildman–Crippen LogP) is 1.71. The van der Waals surface area contributed by atoms with Crippen LogP contribution in [-0.2, 0) is 16.1 Å². The molecule has 0 spiro atoms. The van der Waals surface area contributed by atoms with E-state index in [-0.39, 0.29) is 30.8 Å². The molecule has 0 fully saturated rings. The summed E-state index contributed by atoms with van der Waals surface area (Å²) in [5, 5.41) is 7.07. The molecule has 0 radical (unpaired) electrons. The van der Waals surface area contributed by atoms with Crippen molar-refractivity contribution in [1.29, 1.82) is 0 Å². The second-order valence-corrected chi connectivity index (χ2v) is 6.43. The minimum Gasteiger partial charge on any atom is -0.473 e. The number of ether oxygens (including phenoxy) is 2. The van der Waals surface area contributed by atoms with E-state index in [0.717, 1.165) is 11.1 Å². The van der Waals surface area contributed by atoms with Gasteiger partial charge in [0.2, 0.25) is 17.6 Å². The number of fused-ring (bicyclic) bond motifs is 1. The van der Waals surface area contributed by atoms with E-state index in [1.54, 1.807) is 13.8 Å². The smallest absolute Gasteiger partial charge is 0.326 e. The molecule has 1 aliphatic heterocycles. The summed E-state index contributed by atoms with van der Waals surface area (Å²) in [4.78, 5) is 32.7. The van der Waals surface area contributed by atoms with Gasteiger partial charge in [0.05, 0.1) is 12.6 Å². The Bertz CT molecular complexity index is 1090. The highest BCUT2D eigenvalue weighted by molar-refractivity contribution is 5.69. The lowest BCUT2D eigenvalue weighted by Gasteiger charge is -2.26. The highest BCUT2D eigenvalue weighted by Crippen LogP contribution is 2.30. The van der Waals surface area contributed by atoms with Crippen molar-refractivity contribution in [2.75, 3.05) is 18.5 Å². The summed E-state index contributed by atoms with van der Waals surface area (Å²) in [6.07, 6.45) is 1.28. The highest BCUT2D eigenvalue weighted by atomic mass is 16.5. The molecule has 0 bridgehead atoms. The van der Waals surface area contributed by atoms with Crippen molar-refractivity contribution in [3.8, 4) is 17.3 Å². The van der Waals surface area contributed by atoms with Gasteiger partial charge in [-0.1, -0.05) is 29.4 Å². The highest BCUT2D eigenvalue weighted by Gasteiger charge is 2.25. The fourth-order valence-corrected chi connectivity index (χ4v) is 3.00. The summed E-state index contributed by atoms with van der Waals surface area (Å²) in [6.45, 7) is 3.78. The molecule has 0 unspecified atom stereocenters. The van der Waals surface area contributed by atoms with Crippen LogP contribution in [0.5, 0.6) is 5.88 Å². The number of nitrogens with one attached hydrogen (secondary N) is 1. The van der Waals surface area contributed by atoms with Gasteiger partial charge in [0.25, 0.3) is 5.56 Å². The first-order chi connectivity index (χ1) is 14.0. The van der Waals surface area contributed by atoms with E-state index in [2.05, 4.69) is 20.4 Å². The van der Waals surface area contributed by atoms with Crippen LogP contribution in [-0.4, -0.2) is 38.9 Å². The summed E-state index contributed by atoms with van der Waals surface area (Å²) in [5.74, 6) is 0.718. The second kappa shape index (κ2) is 7.74. The molecule has 0 amide bonds. The number of nitrogens with zero attached hydrogens (tertiary/aromatic N) is 4. The van der Waals surface area contributed by atoms with E-state index in [0.29, 0.717) is 18.3 Å².